The number of benzene rings is 3. The van der Waals surface area contributed by atoms with Gasteiger partial charge in [-0.25, -0.2) is 4.39 Å². The molecule has 0 saturated heterocycles. The molecule has 3 nitrogen and oxygen atoms in total. The van der Waals surface area contributed by atoms with Gasteiger partial charge >= 0.3 is 0 Å². The number of fused-ring (bicyclic) bond motifs is 1. The van der Waals surface area contributed by atoms with Gasteiger partial charge in [-0.3, -0.25) is 0 Å². The Morgan fingerprint density at radius 2 is 1.89 bits per heavy atom. The van der Waals surface area contributed by atoms with E-state index in [0.717, 1.165) is 39.0 Å². The highest BCUT2D eigenvalue weighted by Crippen LogP contribution is 2.35. The molecule has 0 amide bonds. The Morgan fingerprint density at radius 1 is 1.07 bits per heavy atom. The Kier molecular flexibility index (Phi) is 4.85. The van der Waals surface area contributed by atoms with Gasteiger partial charge in [0.2, 0.25) is 0 Å². The van der Waals surface area contributed by atoms with Crippen LogP contribution in [0.2, 0.25) is 0 Å². The predicted molar refractivity (Wildman–Crippen MR) is 113 cm³/mol. The minimum absolute atomic E-state index is 0.216. The standard InChI is InChI=1S/C24H21FN2O/c1-3-26-22-12-9-18(15-24(22)28-2)20-5-4-6-23-21(20)13-14-27(23)16-17-7-10-19(25)11-8-17/h3-15,26H,1,16H2,2H3. The quantitative estimate of drug-likeness (QED) is 0.445. The molecule has 0 aliphatic heterocycles. The zero-order valence-electron chi connectivity index (χ0n) is 15.7. The average Bonchev–Trinajstić information content (AvgIpc) is 3.13. The molecular weight excluding hydrogens is 351 g/mol. The Morgan fingerprint density at radius 3 is 2.64 bits per heavy atom. The summed E-state index contributed by atoms with van der Waals surface area (Å²) in [6.07, 6.45) is 3.70. The number of aromatic nitrogens is 1. The van der Waals surface area contributed by atoms with Gasteiger partial charge in [0.05, 0.1) is 12.8 Å². The lowest BCUT2D eigenvalue weighted by Crippen LogP contribution is -1.98. The summed E-state index contributed by atoms with van der Waals surface area (Å²) >= 11 is 0. The number of anilines is 1. The van der Waals surface area contributed by atoms with Crippen molar-refractivity contribution in [2.75, 3.05) is 12.4 Å². The molecule has 0 radical (unpaired) electrons. The van der Waals surface area contributed by atoms with E-state index in [-0.39, 0.29) is 5.82 Å². The van der Waals surface area contributed by atoms with Crippen LogP contribution in [0.15, 0.2) is 85.7 Å². The Labute approximate surface area is 163 Å². The van der Waals surface area contributed by atoms with E-state index in [4.69, 9.17) is 4.74 Å². The molecule has 0 atom stereocenters. The molecule has 4 rings (SSSR count). The number of hydrogen-bond acceptors (Lipinski definition) is 2. The van der Waals surface area contributed by atoms with E-state index in [9.17, 15) is 4.39 Å². The van der Waals surface area contributed by atoms with Crippen molar-refractivity contribution in [2.45, 2.75) is 6.54 Å². The maximum absolute atomic E-state index is 13.2. The van der Waals surface area contributed by atoms with E-state index in [2.05, 4.69) is 53.0 Å². The summed E-state index contributed by atoms with van der Waals surface area (Å²) < 4.78 is 20.9. The van der Waals surface area contributed by atoms with Crippen LogP contribution in [-0.2, 0) is 6.54 Å². The van der Waals surface area contributed by atoms with Gasteiger partial charge in [0.15, 0.2) is 0 Å². The first-order valence-corrected chi connectivity index (χ1v) is 9.08. The summed E-state index contributed by atoms with van der Waals surface area (Å²) in [6.45, 7) is 4.40. The van der Waals surface area contributed by atoms with Gasteiger partial charge in [-0.2, -0.15) is 0 Å². The summed E-state index contributed by atoms with van der Waals surface area (Å²) in [4.78, 5) is 0. The molecule has 0 fully saturated rings. The Balaban J connectivity index is 1.74. The third-order valence-corrected chi connectivity index (χ3v) is 4.85. The van der Waals surface area contributed by atoms with Crippen molar-refractivity contribution >= 4 is 16.6 Å². The SMILES string of the molecule is C=CNc1ccc(-c2cccc3c2ccn3Cc2ccc(F)cc2)cc1OC. The number of halogens is 1. The Bertz CT molecular complexity index is 1130. The molecule has 0 saturated carbocycles. The monoisotopic (exact) mass is 372 g/mol. The first kappa shape index (κ1) is 17.9. The predicted octanol–water partition coefficient (Wildman–Crippen LogP) is 6.06. The van der Waals surface area contributed by atoms with Crippen molar-refractivity contribution in [1.29, 1.82) is 0 Å². The van der Waals surface area contributed by atoms with E-state index in [0.29, 0.717) is 6.54 Å². The highest BCUT2D eigenvalue weighted by molar-refractivity contribution is 5.96. The van der Waals surface area contributed by atoms with Crippen molar-refractivity contribution in [3.8, 4) is 16.9 Å². The summed E-state index contributed by atoms with van der Waals surface area (Å²) in [7, 11) is 1.66. The van der Waals surface area contributed by atoms with E-state index in [1.807, 2.05) is 24.3 Å². The zero-order chi connectivity index (χ0) is 19.5. The lowest BCUT2D eigenvalue weighted by Gasteiger charge is -2.12. The van der Waals surface area contributed by atoms with Crippen LogP contribution in [0.1, 0.15) is 5.56 Å². The number of hydrogen-bond donors (Lipinski definition) is 1. The first-order chi connectivity index (χ1) is 13.7. The molecule has 3 aromatic carbocycles. The van der Waals surface area contributed by atoms with E-state index < -0.39 is 0 Å². The second-order valence-corrected chi connectivity index (χ2v) is 6.57. The summed E-state index contributed by atoms with van der Waals surface area (Å²) in [5, 5.41) is 4.25. The van der Waals surface area contributed by atoms with Crippen LogP contribution >= 0.6 is 0 Å². The fourth-order valence-corrected chi connectivity index (χ4v) is 3.49. The smallest absolute Gasteiger partial charge is 0.142 e. The Hall–Kier alpha value is -3.53. The zero-order valence-corrected chi connectivity index (χ0v) is 15.7. The molecular formula is C24H21FN2O. The molecule has 0 aliphatic rings. The molecule has 4 heteroatoms. The van der Waals surface area contributed by atoms with Gasteiger partial charge < -0.3 is 14.6 Å². The van der Waals surface area contributed by atoms with Crippen LogP contribution in [0.3, 0.4) is 0 Å². The minimum atomic E-state index is -0.216. The van der Waals surface area contributed by atoms with Crippen molar-refractivity contribution in [3.63, 3.8) is 0 Å². The number of rotatable bonds is 6. The third kappa shape index (κ3) is 3.37. The molecule has 0 bridgehead atoms. The van der Waals surface area contributed by atoms with Crippen molar-refractivity contribution in [2.24, 2.45) is 0 Å². The normalized spacial score (nSPS) is 10.8. The summed E-state index contributed by atoms with van der Waals surface area (Å²) in [5.41, 5.74) is 5.29. The highest BCUT2D eigenvalue weighted by atomic mass is 19.1. The van der Waals surface area contributed by atoms with Crippen LogP contribution in [-0.4, -0.2) is 11.7 Å². The van der Waals surface area contributed by atoms with Crippen LogP contribution < -0.4 is 10.1 Å². The van der Waals surface area contributed by atoms with Crippen LogP contribution in [0.4, 0.5) is 10.1 Å². The second kappa shape index (κ2) is 7.61. The third-order valence-electron chi connectivity index (χ3n) is 4.85. The molecule has 1 heterocycles. The number of methoxy groups -OCH3 is 1. The molecule has 4 aromatic rings. The van der Waals surface area contributed by atoms with E-state index in [1.54, 1.807) is 13.3 Å². The van der Waals surface area contributed by atoms with Gasteiger partial charge in [0.25, 0.3) is 0 Å². The topological polar surface area (TPSA) is 26.2 Å². The largest absolute Gasteiger partial charge is 0.495 e. The average molecular weight is 372 g/mol. The lowest BCUT2D eigenvalue weighted by atomic mass is 10.0. The van der Waals surface area contributed by atoms with Crippen molar-refractivity contribution in [1.82, 2.24) is 4.57 Å². The first-order valence-electron chi connectivity index (χ1n) is 9.08. The number of nitrogens with zero attached hydrogens (tertiary/aromatic N) is 1. The second-order valence-electron chi connectivity index (χ2n) is 6.57. The molecule has 0 aliphatic carbocycles. The molecule has 0 unspecified atom stereocenters. The fourth-order valence-electron chi connectivity index (χ4n) is 3.49. The molecule has 1 N–H and O–H groups in total. The summed E-state index contributed by atoms with van der Waals surface area (Å²) in [5.74, 6) is 0.548. The molecule has 28 heavy (non-hydrogen) atoms. The lowest BCUT2D eigenvalue weighted by molar-refractivity contribution is 0.417. The van der Waals surface area contributed by atoms with E-state index in [1.165, 1.54) is 12.1 Å². The highest BCUT2D eigenvalue weighted by Gasteiger charge is 2.10. The summed E-state index contributed by atoms with van der Waals surface area (Å²) in [6, 6.07) is 21.1. The minimum Gasteiger partial charge on any atom is -0.495 e. The van der Waals surface area contributed by atoms with Crippen LogP contribution in [0.25, 0.3) is 22.0 Å². The van der Waals surface area contributed by atoms with Crippen LogP contribution in [0, 0.1) is 5.82 Å². The fraction of sp³-hybridized carbons (Fsp3) is 0.0833. The maximum atomic E-state index is 13.2. The molecule has 0 spiro atoms. The van der Waals surface area contributed by atoms with Gasteiger partial charge in [-0.05, 0) is 59.3 Å². The van der Waals surface area contributed by atoms with Crippen LogP contribution in [0.5, 0.6) is 5.75 Å². The van der Waals surface area contributed by atoms with Gasteiger partial charge in [0.1, 0.15) is 11.6 Å². The molecule has 140 valence electrons. The molecule has 1 aromatic heterocycles. The van der Waals surface area contributed by atoms with Gasteiger partial charge in [0, 0.05) is 23.6 Å². The van der Waals surface area contributed by atoms with Gasteiger partial charge in [-0.15, -0.1) is 0 Å². The number of ether oxygens (including phenoxy) is 1. The van der Waals surface area contributed by atoms with Crippen molar-refractivity contribution in [3.05, 3.63) is 97.1 Å². The van der Waals surface area contributed by atoms with Gasteiger partial charge in [-0.1, -0.05) is 36.9 Å². The van der Waals surface area contributed by atoms with E-state index >= 15 is 0 Å². The van der Waals surface area contributed by atoms with Crippen molar-refractivity contribution < 1.29 is 9.13 Å². The maximum Gasteiger partial charge on any atom is 0.142 e. The number of nitrogens with one attached hydrogen (secondary N) is 1.